The van der Waals surface area contributed by atoms with Gasteiger partial charge in [-0.1, -0.05) is 27.7 Å². The lowest BCUT2D eigenvalue weighted by molar-refractivity contribution is -0.165. The van der Waals surface area contributed by atoms with Crippen LogP contribution in [-0.4, -0.2) is 67.2 Å². The molecule has 0 aliphatic heterocycles. The molecule has 4 N–H and O–H groups in total. The van der Waals surface area contributed by atoms with E-state index in [1.165, 1.54) is 6.33 Å². The van der Waals surface area contributed by atoms with Crippen LogP contribution in [0.3, 0.4) is 0 Å². The zero-order chi connectivity index (χ0) is 32.0. The summed E-state index contributed by atoms with van der Waals surface area (Å²) in [5, 5.41) is 5.96. The van der Waals surface area contributed by atoms with E-state index in [-0.39, 0.29) is 35.2 Å². The van der Waals surface area contributed by atoms with Crippen molar-refractivity contribution in [1.29, 1.82) is 0 Å². The van der Waals surface area contributed by atoms with Crippen molar-refractivity contribution in [1.82, 2.24) is 29.7 Å². The standard InChI is InChI=1S/C29H48N7O6P/c1-18(14-36-16-33-21-22(30)31-15-32-23(21)36)40-17-43(39,34-28(6,7)24(37)41-19-10-26(2,3)11-19)35-29(8,9)25(38)42-20-12-27(4,5)13-20/h15-16,18-20H,10-14,17H2,1-9H3,(H2,30,31,32)(H2,34,35,39)/t18-/m1/s1. The number of nitrogens with one attached hydrogen (secondary N) is 2. The molecule has 0 bridgehead atoms. The Morgan fingerprint density at radius 1 is 0.977 bits per heavy atom. The van der Waals surface area contributed by atoms with Gasteiger partial charge in [0.2, 0.25) is 7.44 Å². The molecule has 0 spiro atoms. The molecule has 13 nitrogen and oxygen atoms in total. The summed E-state index contributed by atoms with van der Waals surface area (Å²) in [6.45, 7) is 17.1. The Kier molecular flexibility index (Phi) is 9.08. The van der Waals surface area contributed by atoms with E-state index >= 15 is 0 Å². The number of aromatic nitrogens is 4. The Morgan fingerprint density at radius 2 is 1.47 bits per heavy atom. The van der Waals surface area contributed by atoms with Gasteiger partial charge >= 0.3 is 11.9 Å². The third-order valence-electron chi connectivity index (χ3n) is 8.03. The normalized spacial score (nSPS) is 19.8. The van der Waals surface area contributed by atoms with Gasteiger partial charge in [0.15, 0.2) is 11.5 Å². The van der Waals surface area contributed by atoms with Gasteiger partial charge in [-0.25, -0.2) is 25.1 Å². The number of hydrogen-bond acceptors (Lipinski definition) is 10. The lowest BCUT2D eigenvalue weighted by atomic mass is 9.70. The summed E-state index contributed by atoms with van der Waals surface area (Å²) in [6.07, 6.45) is 4.87. The van der Waals surface area contributed by atoms with E-state index in [9.17, 15) is 14.2 Å². The molecule has 240 valence electrons. The number of esters is 2. The molecule has 2 aromatic rings. The van der Waals surface area contributed by atoms with E-state index in [1.807, 2.05) is 6.92 Å². The molecule has 0 amide bonds. The smallest absolute Gasteiger partial charge is 0.326 e. The average molecular weight is 622 g/mol. The highest BCUT2D eigenvalue weighted by molar-refractivity contribution is 7.59. The molecular formula is C29H48N7O6P. The third kappa shape index (κ3) is 8.12. The summed E-state index contributed by atoms with van der Waals surface area (Å²) >= 11 is 0. The maximum absolute atomic E-state index is 14.5. The fourth-order valence-corrected chi connectivity index (χ4v) is 8.43. The van der Waals surface area contributed by atoms with Crippen LogP contribution in [0.25, 0.3) is 11.2 Å². The molecule has 2 aliphatic carbocycles. The quantitative estimate of drug-likeness (QED) is 0.216. The van der Waals surface area contributed by atoms with Crippen molar-refractivity contribution in [3.05, 3.63) is 12.7 Å². The zero-order valence-electron chi connectivity index (χ0n) is 26.9. The molecule has 43 heavy (non-hydrogen) atoms. The fraction of sp³-hybridized carbons (Fsp3) is 0.759. The van der Waals surface area contributed by atoms with Crippen LogP contribution in [-0.2, 0) is 34.9 Å². The van der Waals surface area contributed by atoms with E-state index in [2.05, 4.69) is 52.8 Å². The number of nitrogen functional groups attached to an aromatic ring is 1. The predicted molar refractivity (Wildman–Crippen MR) is 163 cm³/mol. The first kappa shape index (κ1) is 33.3. The first-order valence-corrected chi connectivity index (χ1v) is 16.7. The van der Waals surface area contributed by atoms with E-state index < -0.39 is 36.6 Å². The van der Waals surface area contributed by atoms with E-state index in [0.717, 1.165) is 25.7 Å². The third-order valence-corrected chi connectivity index (χ3v) is 10.4. The number of imidazole rings is 1. The summed E-state index contributed by atoms with van der Waals surface area (Å²) in [5.41, 5.74) is 4.50. The zero-order valence-corrected chi connectivity index (χ0v) is 27.8. The molecule has 0 saturated heterocycles. The molecule has 0 aromatic carbocycles. The van der Waals surface area contributed by atoms with Gasteiger partial charge in [-0.15, -0.1) is 0 Å². The SMILES string of the molecule is C[C@H](Cn1cnc2c(N)ncnc21)OCP(=O)(NC(C)(C)C(=O)OC1CC(C)(C)C1)NC(C)(C)C(=O)OC1CC(C)(C)C1. The predicted octanol–water partition coefficient (Wildman–Crippen LogP) is 4.16. The van der Waals surface area contributed by atoms with E-state index in [1.54, 1.807) is 38.6 Å². The second-order valence-electron chi connectivity index (χ2n) is 14.8. The molecule has 2 fully saturated rings. The van der Waals surface area contributed by atoms with Crippen molar-refractivity contribution in [2.24, 2.45) is 10.8 Å². The summed E-state index contributed by atoms with van der Waals surface area (Å²) in [6, 6.07) is 0. The first-order chi connectivity index (χ1) is 19.7. The van der Waals surface area contributed by atoms with Crippen molar-refractivity contribution in [2.45, 2.75) is 124 Å². The number of ether oxygens (including phenoxy) is 3. The summed E-state index contributed by atoms with van der Waals surface area (Å²) in [4.78, 5) is 38.9. The lowest BCUT2D eigenvalue weighted by Gasteiger charge is -2.44. The lowest BCUT2D eigenvalue weighted by Crippen LogP contribution is -2.55. The summed E-state index contributed by atoms with van der Waals surface area (Å²) in [5.74, 6) is -0.779. The van der Waals surface area contributed by atoms with Crippen LogP contribution >= 0.6 is 7.44 Å². The molecule has 1 atom stereocenters. The average Bonchev–Trinajstić information content (AvgIpc) is 3.23. The van der Waals surface area contributed by atoms with Crippen LogP contribution < -0.4 is 15.9 Å². The van der Waals surface area contributed by atoms with Gasteiger partial charge in [-0.3, -0.25) is 14.2 Å². The fourth-order valence-electron chi connectivity index (χ4n) is 5.79. The minimum Gasteiger partial charge on any atom is -0.461 e. The van der Waals surface area contributed by atoms with Crippen LogP contribution in [0.2, 0.25) is 0 Å². The monoisotopic (exact) mass is 621 g/mol. The van der Waals surface area contributed by atoms with Crippen LogP contribution in [0.1, 0.15) is 88.0 Å². The molecular weight excluding hydrogens is 573 g/mol. The largest absolute Gasteiger partial charge is 0.461 e. The van der Waals surface area contributed by atoms with Crippen molar-refractivity contribution in [3.63, 3.8) is 0 Å². The topological polar surface area (TPSA) is 173 Å². The Balaban J connectivity index is 1.47. The molecule has 2 aromatic heterocycles. The van der Waals surface area contributed by atoms with Gasteiger partial charge in [0.25, 0.3) is 0 Å². The maximum atomic E-state index is 14.5. The highest BCUT2D eigenvalue weighted by Gasteiger charge is 2.47. The van der Waals surface area contributed by atoms with Crippen LogP contribution in [0, 0.1) is 10.8 Å². The number of hydrogen-bond donors (Lipinski definition) is 3. The first-order valence-electron chi connectivity index (χ1n) is 14.8. The molecule has 2 aliphatic rings. The molecule has 0 unspecified atom stereocenters. The second kappa shape index (κ2) is 11.7. The molecule has 0 radical (unpaired) electrons. The number of anilines is 1. The van der Waals surface area contributed by atoms with Gasteiger partial charge in [-0.2, -0.15) is 0 Å². The van der Waals surface area contributed by atoms with Gasteiger partial charge < -0.3 is 24.5 Å². The Labute approximate surface area is 253 Å². The Morgan fingerprint density at radius 3 is 1.93 bits per heavy atom. The number of nitrogens with zero attached hydrogens (tertiary/aromatic N) is 4. The summed E-state index contributed by atoms with van der Waals surface area (Å²) in [7, 11) is -3.78. The number of fused-ring (bicyclic) bond motifs is 1. The van der Waals surface area contributed by atoms with Crippen LogP contribution in [0.4, 0.5) is 5.82 Å². The van der Waals surface area contributed by atoms with Crippen molar-refractivity contribution >= 4 is 36.4 Å². The number of carbonyl (C=O) groups is 2. The molecule has 2 heterocycles. The van der Waals surface area contributed by atoms with E-state index in [4.69, 9.17) is 19.9 Å². The number of carbonyl (C=O) groups excluding carboxylic acids is 2. The number of nitrogens with two attached hydrogens (primary N) is 1. The van der Waals surface area contributed by atoms with Crippen molar-refractivity contribution < 1.29 is 28.4 Å². The maximum Gasteiger partial charge on any atom is 0.326 e. The highest BCUT2D eigenvalue weighted by Crippen LogP contribution is 2.46. The van der Waals surface area contributed by atoms with Gasteiger partial charge in [0.1, 0.15) is 41.5 Å². The van der Waals surface area contributed by atoms with Gasteiger partial charge in [0.05, 0.1) is 19.0 Å². The molecule has 2 saturated carbocycles. The molecule has 14 heteroatoms. The number of rotatable bonds is 13. The van der Waals surface area contributed by atoms with Crippen molar-refractivity contribution in [3.8, 4) is 0 Å². The van der Waals surface area contributed by atoms with Gasteiger partial charge in [-0.05, 0) is 71.1 Å². The van der Waals surface area contributed by atoms with Crippen LogP contribution in [0.5, 0.6) is 0 Å². The summed E-state index contributed by atoms with van der Waals surface area (Å²) < 4.78 is 33.9. The van der Waals surface area contributed by atoms with Crippen LogP contribution in [0.15, 0.2) is 12.7 Å². The highest BCUT2D eigenvalue weighted by atomic mass is 31.2. The Hall–Kier alpha value is -2.60. The van der Waals surface area contributed by atoms with E-state index in [0.29, 0.717) is 17.7 Å². The molecule has 4 rings (SSSR count). The minimum absolute atomic E-state index is 0.127. The Bertz CT molecular complexity index is 1330. The van der Waals surface area contributed by atoms with Gasteiger partial charge in [0, 0.05) is 0 Å². The van der Waals surface area contributed by atoms with Crippen molar-refractivity contribution in [2.75, 3.05) is 12.1 Å². The second-order valence-corrected chi connectivity index (χ2v) is 17.0. The minimum atomic E-state index is -3.78.